The van der Waals surface area contributed by atoms with Crippen LogP contribution in [0, 0.1) is 0 Å². The molecule has 0 unspecified atom stereocenters. The zero-order valence-electron chi connectivity index (χ0n) is 20.0. The topological polar surface area (TPSA) is 89.4 Å². The van der Waals surface area contributed by atoms with Crippen LogP contribution >= 0.6 is 0 Å². The predicted octanol–water partition coefficient (Wildman–Crippen LogP) is 4.13. The minimum Gasteiger partial charge on any atom is -0.497 e. The number of benzene rings is 2. The summed E-state index contributed by atoms with van der Waals surface area (Å²) in [6, 6.07) is 14.1. The van der Waals surface area contributed by atoms with Crippen LogP contribution in [-0.4, -0.2) is 36.6 Å². The molecular weight excluding hydrogens is 442 g/mol. The number of rotatable bonds is 9. The highest BCUT2D eigenvalue weighted by molar-refractivity contribution is 6.06. The Labute approximate surface area is 204 Å². The van der Waals surface area contributed by atoms with Crippen molar-refractivity contribution in [2.75, 3.05) is 20.2 Å². The summed E-state index contributed by atoms with van der Waals surface area (Å²) >= 11 is 0. The number of nitrogens with zero attached hydrogens (tertiary/aromatic N) is 1. The lowest BCUT2D eigenvalue weighted by atomic mass is 9.97. The van der Waals surface area contributed by atoms with Crippen molar-refractivity contribution >= 4 is 22.6 Å². The zero-order chi connectivity index (χ0) is 24.6. The average molecular weight is 474 g/mol. The third-order valence-electron chi connectivity index (χ3n) is 6.29. The first kappa shape index (κ1) is 24.3. The van der Waals surface area contributed by atoms with Gasteiger partial charge in [0.15, 0.2) is 0 Å². The van der Waals surface area contributed by atoms with Gasteiger partial charge in [0.2, 0.25) is 5.91 Å². The van der Waals surface area contributed by atoms with Gasteiger partial charge >= 0.3 is 0 Å². The molecule has 0 atom stereocenters. The second kappa shape index (κ2) is 11.5. The minimum atomic E-state index is -0.335. The van der Waals surface area contributed by atoms with Crippen LogP contribution in [0.4, 0.5) is 0 Å². The first-order valence-electron chi connectivity index (χ1n) is 12.1. The number of allylic oxidation sites excluding steroid dienone is 1. The average Bonchev–Trinajstić information content (AvgIpc) is 2.89. The van der Waals surface area contributed by atoms with E-state index in [-0.39, 0.29) is 30.3 Å². The van der Waals surface area contributed by atoms with Crippen molar-refractivity contribution in [1.82, 2.24) is 15.2 Å². The number of methoxy groups -OCH3 is 1. The molecule has 0 fully saturated rings. The van der Waals surface area contributed by atoms with Crippen molar-refractivity contribution in [3.63, 3.8) is 0 Å². The molecule has 7 nitrogen and oxygen atoms in total. The molecule has 2 N–H and O–H groups in total. The molecule has 1 aliphatic carbocycles. The van der Waals surface area contributed by atoms with Gasteiger partial charge in [-0.2, -0.15) is 0 Å². The summed E-state index contributed by atoms with van der Waals surface area (Å²) in [7, 11) is 1.56. The molecule has 182 valence electrons. The normalized spacial score (nSPS) is 13.2. The van der Waals surface area contributed by atoms with Crippen LogP contribution in [-0.2, 0) is 4.79 Å². The first-order valence-corrected chi connectivity index (χ1v) is 12.1. The molecule has 0 saturated heterocycles. The maximum Gasteiger partial charge on any atom is 0.262 e. The van der Waals surface area contributed by atoms with E-state index >= 15 is 0 Å². The molecule has 1 aromatic heterocycles. The van der Waals surface area contributed by atoms with Gasteiger partial charge in [0.05, 0.1) is 18.4 Å². The number of nitrogens with one attached hydrogen (secondary N) is 2. The Hall–Kier alpha value is -3.87. The fraction of sp³-hybridized carbons (Fsp3) is 0.321. The number of pyridine rings is 1. The zero-order valence-corrected chi connectivity index (χ0v) is 20.0. The summed E-state index contributed by atoms with van der Waals surface area (Å²) in [6.07, 6.45) is 9.65. The van der Waals surface area contributed by atoms with Crippen LogP contribution in [0.25, 0.3) is 16.5 Å². The predicted molar refractivity (Wildman–Crippen MR) is 137 cm³/mol. The Kier molecular flexibility index (Phi) is 7.98. The SMILES string of the molecule is COc1cccc(-n2cc(C(=O)NCCC(=O)NCCC3=CCCCC3)c3ccccc3c2=O)c1. The van der Waals surface area contributed by atoms with Crippen LogP contribution < -0.4 is 20.9 Å². The summed E-state index contributed by atoms with van der Waals surface area (Å²) in [5.74, 6) is 0.185. The van der Waals surface area contributed by atoms with Crippen molar-refractivity contribution < 1.29 is 14.3 Å². The molecule has 35 heavy (non-hydrogen) atoms. The summed E-state index contributed by atoms with van der Waals surface area (Å²) in [4.78, 5) is 38.5. The van der Waals surface area contributed by atoms with E-state index in [0.717, 1.165) is 19.3 Å². The van der Waals surface area contributed by atoms with Gasteiger partial charge < -0.3 is 15.4 Å². The molecule has 4 rings (SSSR count). The molecule has 2 amide bonds. The highest BCUT2D eigenvalue weighted by Gasteiger charge is 2.16. The van der Waals surface area contributed by atoms with Crippen molar-refractivity contribution in [3.05, 3.63) is 82.3 Å². The number of carbonyl (C=O) groups excluding carboxylic acids is 2. The van der Waals surface area contributed by atoms with Crippen LogP contribution in [0.15, 0.2) is 71.2 Å². The Balaban J connectivity index is 1.44. The molecule has 0 bridgehead atoms. The quantitative estimate of drug-likeness (QED) is 0.458. The van der Waals surface area contributed by atoms with Crippen molar-refractivity contribution in [2.24, 2.45) is 0 Å². The molecule has 0 saturated carbocycles. The van der Waals surface area contributed by atoms with Crippen molar-refractivity contribution in [3.8, 4) is 11.4 Å². The third kappa shape index (κ3) is 5.98. The van der Waals surface area contributed by atoms with Gasteiger partial charge in [0.25, 0.3) is 11.5 Å². The van der Waals surface area contributed by atoms with E-state index in [1.807, 2.05) is 0 Å². The smallest absolute Gasteiger partial charge is 0.262 e. The number of ether oxygens (including phenoxy) is 1. The Morgan fingerprint density at radius 2 is 1.83 bits per heavy atom. The summed E-state index contributed by atoms with van der Waals surface area (Å²) < 4.78 is 6.73. The summed E-state index contributed by atoms with van der Waals surface area (Å²) in [5, 5.41) is 6.78. The second-order valence-electron chi connectivity index (χ2n) is 8.68. The maximum atomic E-state index is 13.2. The number of amides is 2. The number of hydrogen-bond donors (Lipinski definition) is 2. The van der Waals surface area contributed by atoms with Gasteiger partial charge in [0.1, 0.15) is 5.75 Å². The van der Waals surface area contributed by atoms with Gasteiger partial charge in [-0.15, -0.1) is 0 Å². The summed E-state index contributed by atoms with van der Waals surface area (Å²) in [5.41, 5.74) is 2.16. The van der Waals surface area contributed by atoms with Crippen molar-refractivity contribution in [2.45, 2.75) is 38.5 Å². The standard InChI is InChI=1S/C28H31N3O4/c1-35-22-11-7-10-21(18-22)31-19-25(23-12-5-6-13-24(23)28(31)34)27(33)30-17-15-26(32)29-16-14-20-8-3-2-4-9-20/h5-8,10-13,18-19H,2-4,9,14-17H2,1H3,(H,29,32)(H,30,33). The molecule has 2 aromatic carbocycles. The van der Waals surface area contributed by atoms with Gasteiger partial charge in [-0.25, -0.2) is 0 Å². The molecule has 3 aromatic rings. The Morgan fingerprint density at radius 1 is 1.00 bits per heavy atom. The van der Waals surface area contributed by atoms with E-state index < -0.39 is 0 Å². The Morgan fingerprint density at radius 3 is 2.60 bits per heavy atom. The van der Waals surface area contributed by atoms with Crippen LogP contribution in [0.1, 0.15) is 48.9 Å². The fourth-order valence-electron chi connectivity index (χ4n) is 4.39. The number of hydrogen-bond acceptors (Lipinski definition) is 4. The van der Waals surface area contributed by atoms with Gasteiger partial charge in [-0.05, 0) is 50.3 Å². The number of fused-ring (bicyclic) bond motifs is 1. The Bertz CT molecular complexity index is 1310. The maximum absolute atomic E-state index is 13.2. The molecular formula is C28H31N3O4. The largest absolute Gasteiger partial charge is 0.497 e. The molecule has 1 aliphatic rings. The summed E-state index contributed by atoms with van der Waals surface area (Å²) in [6.45, 7) is 0.828. The van der Waals surface area contributed by atoms with E-state index in [4.69, 9.17) is 4.74 Å². The molecule has 0 spiro atoms. The highest BCUT2D eigenvalue weighted by Crippen LogP contribution is 2.21. The fourth-order valence-corrected chi connectivity index (χ4v) is 4.39. The van der Waals surface area contributed by atoms with E-state index in [1.165, 1.54) is 23.0 Å². The third-order valence-corrected chi connectivity index (χ3v) is 6.29. The number of carbonyl (C=O) groups is 2. The van der Waals surface area contributed by atoms with Gasteiger partial charge in [-0.3, -0.25) is 19.0 Å². The molecule has 1 heterocycles. The van der Waals surface area contributed by atoms with E-state index in [9.17, 15) is 14.4 Å². The van der Waals surface area contributed by atoms with Crippen LogP contribution in [0.2, 0.25) is 0 Å². The van der Waals surface area contributed by atoms with Gasteiger partial charge in [-0.1, -0.05) is 35.9 Å². The van der Waals surface area contributed by atoms with Crippen LogP contribution in [0.5, 0.6) is 5.75 Å². The first-order chi connectivity index (χ1) is 17.1. The van der Waals surface area contributed by atoms with E-state index in [2.05, 4.69) is 16.7 Å². The van der Waals surface area contributed by atoms with Gasteiger partial charge in [0, 0.05) is 42.5 Å². The lowest BCUT2D eigenvalue weighted by Crippen LogP contribution is -2.32. The molecule has 0 aliphatic heterocycles. The van der Waals surface area contributed by atoms with Crippen LogP contribution in [0.3, 0.4) is 0 Å². The van der Waals surface area contributed by atoms with E-state index in [1.54, 1.807) is 61.8 Å². The second-order valence-corrected chi connectivity index (χ2v) is 8.68. The highest BCUT2D eigenvalue weighted by atomic mass is 16.5. The van der Waals surface area contributed by atoms with Crippen molar-refractivity contribution in [1.29, 1.82) is 0 Å². The molecule has 7 heteroatoms. The molecule has 0 radical (unpaired) electrons. The van der Waals surface area contributed by atoms with E-state index in [0.29, 0.717) is 34.3 Å². The lowest BCUT2D eigenvalue weighted by Gasteiger charge is -2.14. The minimum absolute atomic E-state index is 0.0899. The lowest BCUT2D eigenvalue weighted by molar-refractivity contribution is -0.120. The number of aromatic nitrogens is 1. The monoisotopic (exact) mass is 473 g/mol.